The lowest BCUT2D eigenvalue weighted by Crippen LogP contribution is -2.46. The van der Waals surface area contributed by atoms with Crippen LogP contribution in [0.3, 0.4) is 0 Å². The first-order valence-corrected chi connectivity index (χ1v) is 15.3. The number of ether oxygens (including phenoxy) is 1. The molecule has 1 aromatic heterocycles. The fourth-order valence-corrected chi connectivity index (χ4v) is 7.48. The van der Waals surface area contributed by atoms with Crippen molar-refractivity contribution in [3.8, 4) is 0 Å². The molecule has 3 aromatic rings. The zero-order valence-electron chi connectivity index (χ0n) is 25.1. The van der Waals surface area contributed by atoms with E-state index in [4.69, 9.17) is 4.74 Å². The maximum Gasteiger partial charge on any atom is 0.264 e. The van der Waals surface area contributed by atoms with Crippen LogP contribution < -0.4 is 9.80 Å². The number of para-hydroxylation sites is 1. The zero-order valence-corrected chi connectivity index (χ0v) is 25.1. The highest BCUT2D eigenvalue weighted by Gasteiger charge is 2.65. The van der Waals surface area contributed by atoms with Crippen molar-refractivity contribution in [2.45, 2.75) is 83.3 Å². The number of piperidine rings is 1. The van der Waals surface area contributed by atoms with E-state index >= 15 is 0 Å². The molecule has 4 atom stereocenters. The second kappa shape index (κ2) is 11.5. The SMILES string of the molecule is C[C@@H]1[C@@H](C(C)(C)O)[C@H](CCn2cc(CCO)nn2)O[C@@]12C(=O)N(Cc1cccc(N3CCCCC3=O)c1)c1ccccc12. The van der Waals surface area contributed by atoms with Gasteiger partial charge in [0.1, 0.15) is 0 Å². The van der Waals surface area contributed by atoms with Crippen molar-refractivity contribution in [2.24, 2.45) is 11.8 Å². The molecule has 0 aliphatic carbocycles. The predicted octanol–water partition coefficient (Wildman–Crippen LogP) is 3.58. The highest BCUT2D eigenvalue weighted by Crippen LogP contribution is 2.58. The number of anilines is 2. The number of hydrogen-bond acceptors (Lipinski definition) is 7. The van der Waals surface area contributed by atoms with E-state index in [-0.39, 0.29) is 30.3 Å². The van der Waals surface area contributed by atoms with E-state index in [0.29, 0.717) is 44.6 Å². The lowest BCUT2D eigenvalue weighted by Gasteiger charge is -2.34. The van der Waals surface area contributed by atoms with Crippen LogP contribution in [0, 0.1) is 11.8 Å². The summed E-state index contributed by atoms with van der Waals surface area (Å²) < 4.78 is 8.60. The molecule has 228 valence electrons. The normalized spacial score (nSPS) is 25.7. The summed E-state index contributed by atoms with van der Waals surface area (Å²) in [4.78, 5) is 30.8. The van der Waals surface area contributed by atoms with Gasteiger partial charge in [0.15, 0.2) is 5.60 Å². The number of nitrogens with zero attached hydrogens (tertiary/aromatic N) is 5. The van der Waals surface area contributed by atoms with Crippen LogP contribution in [-0.2, 0) is 39.4 Å². The standard InChI is InChI=1S/C33H41N5O5/c1-22-30(32(2,3)42)28(14-17-36-21-24(15-18-39)34-35-36)43-33(22)26-11-4-5-12-27(26)38(31(33)41)20-23-9-8-10-25(19-23)37-16-7-6-13-29(37)40/h4-5,8-12,19,21-22,28,30,39,42H,6-7,13-18,20H2,1-3H3/t22-,28+,30-,33+/m1/s1. The number of rotatable bonds is 9. The molecule has 10 heteroatoms. The quantitative estimate of drug-likeness (QED) is 0.393. The van der Waals surface area contributed by atoms with Crippen LogP contribution in [0.15, 0.2) is 54.7 Å². The number of amides is 2. The lowest BCUT2D eigenvalue weighted by molar-refractivity contribution is -0.146. The van der Waals surface area contributed by atoms with Gasteiger partial charge in [0.25, 0.3) is 5.91 Å². The molecule has 0 radical (unpaired) electrons. The number of aromatic nitrogens is 3. The number of aliphatic hydroxyl groups excluding tert-OH is 1. The van der Waals surface area contributed by atoms with Gasteiger partial charge < -0.3 is 24.7 Å². The summed E-state index contributed by atoms with van der Waals surface area (Å²) in [7, 11) is 0. The minimum absolute atomic E-state index is 0.00390. The molecule has 0 unspecified atom stereocenters. The van der Waals surface area contributed by atoms with Crippen molar-refractivity contribution in [1.82, 2.24) is 15.0 Å². The highest BCUT2D eigenvalue weighted by molar-refractivity contribution is 6.07. The average molecular weight is 588 g/mol. The van der Waals surface area contributed by atoms with Crippen LogP contribution in [0.1, 0.15) is 63.3 Å². The van der Waals surface area contributed by atoms with Gasteiger partial charge in [0, 0.05) is 61.8 Å². The van der Waals surface area contributed by atoms with Crippen LogP contribution in [0.4, 0.5) is 11.4 Å². The summed E-state index contributed by atoms with van der Waals surface area (Å²) in [6.45, 7) is 7.14. The van der Waals surface area contributed by atoms with E-state index in [1.165, 1.54) is 0 Å². The summed E-state index contributed by atoms with van der Waals surface area (Å²) >= 11 is 0. The van der Waals surface area contributed by atoms with Crippen LogP contribution in [0.5, 0.6) is 0 Å². The van der Waals surface area contributed by atoms with Gasteiger partial charge in [-0.1, -0.05) is 42.5 Å². The van der Waals surface area contributed by atoms with Crippen LogP contribution in [-0.4, -0.2) is 61.9 Å². The molecule has 0 bridgehead atoms. The Balaban J connectivity index is 1.30. The van der Waals surface area contributed by atoms with Crippen LogP contribution in [0.2, 0.25) is 0 Å². The van der Waals surface area contributed by atoms with E-state index < -0.39 is 17.3 Å². The Kier molecular flexibility index (Phi) is 7.87. The molecular formula is C33H41N5O5. The van der Waals surface area contributed by atoms with E-state index in [1.807, 2.05) is 66.6 Å². The zero-order chi connectivity index (χ0) is 30.4. The molecule has 2 fully saturated rings. The fraction of sp³-hybridized carbons (Fsp3) is 0.515. The van der Waals surface area contributed by atoms with Gasteiger partial charge in [0.2, 0.25) is 5.91 Å². The first-order valence-electron chi connectivity index (χ1n) is 15.3. The molecule has 3 aliphatic heterocycles. The van der Waals surface area contributed by atoms with Gasteiger partial charge in [0.05, 0.1) is 29.6 Å². The monoisotopic (exact) mass is 587 g/mol. The van der Waals surface area contributed by atoms with E-state index in [1.54, 1.807) is 23.4 Å². The van der Waals surface area contributed by atoms with Gasteiger partial charge in [-0.3, -0.25) is 14.3 Å². The maximum absolute atomic E-state index is 14.6. The Morgan fingerprint density at radius 3 is 2.70 bits per heavy atom. The molecule has 10 nitrogen and oxygen atoms in total. The number of aliphatic hydroxyl groups is 2. The number of hydrogen-bond donors (Lipinski definition) is 2. The third-order valence-corrected chi connectivity index (χ3v) is 9.37. The van der Waals surface area contributed by atoms with Crippen molar-refractivity contribution in [1.29, 1.82) is 0 Å². The highest BCUT2D eigenvalue weighted by atomic mass is 16.5. The predicted molar refractivity (Wildman–Crippen MR) is 161 cm³/mol. The summed E-state index contributed by atoms with van der Waals surface area (Å²) in [5.41, 5.74) is 1.79. The molecule has 2 saturated heterocycles. The lowest BCUT2D eigenvalue weighted by atomic mass is 9.71. The van der Waals surface area contributed by atoms with Crippen LogP contribution >= 0.6 is 0 Å². The number of fused-ring (bicyclic) bond motifs is 2. The van der Waals surface area contributed by atoms with Gasteiger partial charge in [-0.2, -0.15) is 0 Å². The molecule has 6 rings (SSSR count). The first kappa shape index (κ1) is 29.5. The van der Waals surface area contributed by atoms with Gasteiger partial charge in [-0.25, -0.2) is 0 Å². The Morgan fingerprint density at radius 1 is 1.12 bits per heavy atom. The smallest absolute Gasteiger partial charge is 0.264 e. The maximum atomic E-state index is 14.6. The average Bonchev–Trinajstić information content (AvgIpc) is 3.63. The molecule has 4 heterocycles. The third-order valence-electron chi connectivity index (χ3n) is 9.37. The van der Waals surface area contributed by atoms with Crippen molar-refractivity contribution in [3.05, 3.63) is 71.5 Å². The number of carbonyl (C=O) groups is 2. The number of aryl methyl sites for hydroxylation is 1. The molecule has 2 aromatic carbocycles. The number of carbonyl (C=O) groups excluding carboxylic acids is 2. The van der Waals surface area contributed by atoms with E-state index in [9.17, 15) is 19.8 Å². The Morgan fingerprint density at radius 2 is 1.93 bits per heavy atom. The summed E-state index contributed by atoms with van der Waals surface area (Å²) in [5, 5.41) is 28.9. The topological polar surface area (TPSA) is 121 Å². The van der Waals surface area contributed by atoms with Crippen molar-refractivity contribution < 1.29 is 24.5 Å². The minimum atomic E-state index is -1.24. The molecule has 0 saturated carbocycles. The summed E-state index contributed by atoms with van der Waals surface area (Å²) in [6.07, 6.45) is 4.83. The molecule has 1 spiro atoms. The van der Waals surface area contributed by atoms with Crippen LogP contribution in [0.25, 0.3) is 0 Å². The second-order valence-electron chi connectivity index (χ2n) is 12.7. The minimum Gasteiger partial charge on any atom is -0.396 e. The Labute approximate surface area is 252 Å². The first-order chi connectivity index (χ1) is 20.6. The molecule has 2 amide bonds. The molecule has 3 aliphatic rings. The van der Waals surface area contributed by atoms with Crippen molar-refractivity contribution in [2.75, 3.05) is 23.0 Å². The van der Waals surface area contributed by atoms with Gasteiger partial charge >= 0.3 is 0 Å². The number of benzene rings is 2. The Bertz CT molecular complexity index is 1500. The largest absolute Gasteiger partial charge is 0.396 e. The molecular weight excluding hydrogens is 546 g/mol. The molecule has 2 N–H and O–H groups in total. The fourth-order valence-electron chi connectivity index (χ4n) is 7.48. The second-order valence-corrected chi connectivity index (χ2v) is 12.7. The van der Waals surface area contributed by atoms with E-state index in [0.717, 1.165) is 35.3 Å². The van der Waals surface area contributed by atoms with Gasteiger partial charge in [-0.05, 0) is 56.9 Å². The van der Waals surface area contributed by atoms with Gasteiger partial charge in [-0.15, -0.1) is 5.10 Å². The third kappa shape index (κ3) is 5.25. The summed E-state index contributed by atoms with van der Waals surface area (Å²) in [5.74, 6) is -0.631. The van der Waals surface area contributed by atoms with Crippen molar-refractivity contribution in [3.63, 3.8) is 0 Å². The van der Waals surface area contributed by atoms with Crippen molar-refractivity contribution >= 4 is 23.2 Å². The van der Waals surface area contributed by atoms with E-state index in [2.05, 4.69) is 10.3 Å². The molecule has 43 heavy (non-hydrogen) atoms. The summed E-state index contributed by atoms with van der Waals surface area (Å²) in [6, 6.07) is 15.7. The Hall–Kier alpha value is -3.60.